The van der Waals surface area contributed by atoms with Gasteiger partial charge in [-0.1, -0.05) is 84.1 Å². The van der Waals surface area contributed by atoms with Gasteiger partial charge in [-0.15, -0.1) is 0 Å². The zero-order valence-corrected chi connectivity index (χ0v) is 16.3. The minimum atomic E-state index is -0.196. The lowest BCUT2D eigenvalue weighted by Gasteiger charge is -2.20. The van der Waals surface area contributed by atoms with Crippen LogP contribution in [0.2, 0.25) is 0 Å². The Balaban J connectivity index is 1.48. The predicted octanol–water partition coefficient (Wildman–Crippen LogP) is 5.13. The van der Waals surface area contributed by atoms with Crippen molar-refractivity contribution >= 4 is 28.8 Å². The molecule has 0 bridgehead atoms. The highest BCUT2D eigenvalue weighted by Crippen LogP contribution is 2.25. The second-order valence-corrected chi connectivity index (χ2v) is 7.48. The van der Waals surface area contributed by atoms with E-state index in [4.69, 9.17) is 4.42 Å². The molecular weight excluding hydrogens is 368 g/mol. The average molecular weight is 388 g/mol. The highest BCUT2D eigenvalue weighted by Gasteiger charge is 2.17. The van der Waals surface area contributed by atoms with Crippen molar-refractivity contribution in [3.8, 4) is 0 Å². The number of hydrogen-bond donors (Lipinski definition) is 1. The number of benzene rings is 3. The average Bonchev–Trinajstić information content (AvgIpc) is 3.15. The molecule has 0 fully saturated rings. The maximum absolute atomic E-state index is 12.7. The van der Waals surface area contributed by atoms with Crippen LogP contribution in [0.25, 0.3) is 11.1 Å². The molecule has 3 aromatic carbocycles. The number of aryl methyl sites for hydroxylation is 1. The maximum atomic E-state index is 12.7. The van der Waals surface area contributed by atoms with E-state index in [1.807, 2.05) is 54.6 Å². The van der Waals surface area contributed by atoms with Crippen molar-refractivity contribution in [1.29, 1.82) is 0 Å². The molecule has 0 saturated carbocycles. The molecule has 1 N–H and O–H groups in total. The Morgan fingerprint density at radius 2 is 1.64 bits per heavy atom. The number of fused-ring (bicyclic) bond motifs is 1. The molecular formula is C23H20N2O2S. The van der Waals surface area contributed by atoms with Crippen LogP contribution in [0.15, 0.2) is 88.5 Å². The van der Waals surface area contributed by atoms with E-state index in [1.54, 1.807) is 0 Å². The number of amides is 1. The fourth-order valence-corrected chi connectivity index (χ4v) is 3.66. The number of carbonyl (C=O) groups excluding carboxylic acids is 1. The first-order valence-electron chi connectivity index (χ1n) is 9.08. The number of aromatic nitrogens is 1. The largest absolute Gasteiger partial charge is 0.431 e. The number of oxazole rings is 1. The first-order valence-corrected chi connectivity index (χ1v) is 10.1. The summed E-state index contributed by atoms with van der Waals surface area (Å²) in [6.45, 7) is 2.05. The van der Waals surface area contributed by atoms with Gasteiger partial charge in [-0.2, -0.15) is 0 Å². The van der Waals surface area contributed by atoms with Gasteiger partial charge in [0.1, 0.15) is 5.52 Å². The molecule has 1 unspecified atom stereocenters. The van der Waals surface area contributed by atoms with E-state index in [0.717, 1.165) is 22.2 Å². The van der Waals surface area contributed by atoms with Crippen LogP contribution in [-0.4, -0.2) is 16.6 Å². The van der Waals surface area contributed by atoms with Gasteiger partial charge in [0.15, 0.2) is 5.58 Å². The molecule has 0 spiro atoms. The van der Waals surface area contributed by atoms with Gasteiger partial charge < -0.3 is 9.73 Å². The zero-order valence-electron chi connectivity index (χ0n) is 15.5. The van der Waals surface area contributed by atoms with Crippen molar-refractivity contribution < 1.29 is 9.21 Å². The Morgan fingerprint density at radius 1 is 0.964 bits per heavy atom. The van der Waals surface area contributed by atoms with Crippen molar-refractivity contribution in [1.82, 2.24) is 10.3 Å². The number of carbonyl (C=O) groups is 1. The smallest absolute Gasteiger partial charge is 0.257 e. The first kappa shape index (κ1) is 18.3. The third kappa shape index (κ3) is 4.26. The lowest BCUT2D eigenvalue weighted by atomic mass is 9.98. The van der Waals surface area contributed by atoms with Crippen molar-refractivity contribution in [2.24, 2.45) is 0 Å². The van der Waals surface area contributed by atoms with E-state index in [0.29, 0.717) is 5.22 Å². The normalized spacial score (nSPS) is 12.0. The first-order chi connectivity index (χ1) is 13.7. The van der Waals surface area contributed by atoms with Gasteiger partial charge >= 0.3 is 0 Å². The standard InChI is InChI=1S/C23H20N2O2S/c1-16-11-13-18(14-12-16)22(17-7-3-2-4-8-17)25-21(26)15-28-23-24-19-9-5-6-10-20(19)27-23/h2-14,22H,15H2,1H3,(H,25,26). The second kappa shape index (κ2) is 8.31. The monoisotopic (exact) mass is 388 g/mol. The Morgan fingerprint density at radius 3 is 2.39 bits per heavy atom. The molecule has 4 rings (SSSR count). The Labute approximate surface area is 168 Å². The minimum Gasteiger partial charge on any atom is -0.431 e. The van der Waals surface area contributed by atoms with Crippen LogP contribution in [0.1, 0.15) is 22.7 Å². The molecule has 140 valence electrons. The second-order valence-electron chi connectivity index (χ2n) is 6.56. The minimum absolute atomic E-state index is 0.0679. The number of nitrogens with zero attached hydrogens (tertiary/aromatic N) is 1. The molecule has 1 heterocycles. The van der Waals surface area contributed by atoms with Gasteiger partial charge in [0, 0.05) is 0 Å². The Kier molecular flexibility index (Phi) is 5.44. The summed E-state index contributed by atoms with van der Waals surface area (Å²) in [7, 11) is 0. The van der Waals surface area contributed by atoms with Crippen LogP contribution in [0.5, 0.6) is 0 Å². The van der Waals surface area contributed by atoms with E-state index in [-0.39, 0.29) is 17.7 Å². The molecule has 0 aliphatic rings. The molecule has 1 atom stereocenters. The van der Waals surface area contributed by atoms with E-state index in [2.05, 4.69) is 41.5 Å². The van der Waals surface area contributed by atoms with E-state index in [1.165, 1.54) is 17.3 Å². The van der Waals surface area contributed by atoms with Crippen molar-refractivity contribution in [2.75, 3.05) is 5.75 Å². The van der Waals surface area contributed by atoms with Crippen LogP contribution in [0.3, 0.4) is 0 Å². The fourth-order valence-electron chi connectivity index (χ4n) is 3.01. The lowest BCUT2D eigenvalue weighted by Crippen LogP contribution is -2.30. The van der Waals surface area contributed by atoms with Crippen molar-refractivity contribution in [2.45, 2.75) is 18.2 Å². The van der Waals surface area contributed by atoms with Crippen molar-refractivity contribution in [3.05, 3.63) is 95.6 Å². The summed E-state index contributed by atoms with van der Waals surface area (Å²) in [6, 6.07) is 25.6. The number of nitrogens with one attached hydrogen (secondary N) is 1. The highest BCUT2D eigenvalue weighted by atomic mass is 32.2. The summed E-state index contributed by atoms with van der Waals surface area (Å²) in [4.78, 5) is 17.1. The summed E-state index contributed by atoms with van der Waals surface area (Å²) in [5.41, 5.74) is 4.82. The number of hydrogen-bond acceptors (Lipinski definition) is 4. The zero-order chi connectivity index (χ0) is 19.3. The molecule has 28 heavy (non-hydrogen) atoms. The lowest BCUT2D eigenvalue weighted by molar-refractivity contribution is -0.119. The van der Waals surface area contributed by atoms with E-state index < -0.39 is 0 Å². The van der Waals surface area contributed by atoms with Gasteiger partial charge in [0.2, 0.25) is 5.91 Å². The summed E-state index contributed by atoms with van der Waals surface area (Å²) < 4.78 is 5.68. The summed E-state index contributed by atoms with van der Waals surface area (Å²) in [5, 5.41) is 3.65. The van der Waals surface area contributed by atoms with E-state index in [9.17, 15) is 4.79 Å². The highest BCUT2D eigenvalue weighted by molar-refractivity contribution is 7.99. The quantitative estimate of drug-likeness (QED) is 0.465. The molecule has 1 amide bonds. The van der Waals surface area contributed by atoms with Gasteiger partial charge in [-0.3, -0.25) is 4.79 Å². The third-order valence-electron chi connectivity index (χ3n) is 4.45. The van der Waals surface area contributed by atoms with Gasteiger partial charge in [0.05, 0.1) is 11.8 Å². The fraction of sp³-hybridized carbons (Fsp3) is 0.130. The molecule has 4 aromatic rings. The van der Waals surface area contributed by atoms with Crippen LogP contribution in [0.4, 0.5) is 0 Å². The molecule has 0 radical (unpaired) electrons. The van der Waals surface area contributed by atoms with E-state index >= 15 is 0 Å². The third-order valence-corrected chi connectivity index (χ3v) is 5.28. The predicted molar refractivity (Wildman–Crippen MR) is 112 cm³/mol. The molecule has 0 saturated heterocycles. The number of rotatable bonds is 6. The Hall–Kier alpha value is -3.05. The summed E-state index contributed by atoms with van der Waals surface area (Å²) in [5.74, 6) is 0.170. The maximum Gasteiger partial charge on any atom is 0.257 e. The van der Waals surface area contributed by atoms with Crippen molar-refractivity contribution in [3.63, 3.8) is 0 Å². The molecule has 5 heteroatoms. The van der Waals surface area contributed by atoms with Crippen LogP contribution >= 0.6 is 11.8 Å². The number of para-hydroxylation sites is 2. The molecule has 1 aromatic heterocycles. The van der Waals surface area contributed by atoms with Crippen LogP contribution in [0, 0.1) is 6.92 Å². The molecule has 4 nitrogen and oxygen atoms in total. The van der Waals surface area contributed by atoms with Crippen LogP contribution < -0.4 is 5.32 Å². The van der Waals surface area contributed by atoms with Gasteiger partial charge in [0.25, 0.3) is 5.22 Å². The molecule has 0 aliphatic heterocycles. The number of thioether (sulfide) groups is 1. The summed E-state index contributed by atoms with van der Waals surface area (Å²) >= 11 is 1.30. The topological polar surface area (TPSA) is 55.1 Å². The molecule has 0 aliphatic carbocycles. The van der Waals surface area contributed by atoms with Gasteiger partial charge in [-0.25, -0.2) is 4.98 Å². The SMILES string of the molecule is Cc1ccc(C(NC(=O)CSc2nc3ccccc3o2)c2ccccc2)cc1. The summed E-state index contributed by atoms with van der Waals surface area (Å²) in [6.07, 6.45) is 0. The van der Waals surface area contributed by atoms with Gasteiger partial charge in [-0.05, 0) is 30.2 Å². The Bertz CT molecular complexity index is 1040. The van der Waals surface area contributed by atoms with Crippen LogP contribution in [-0.2, 0) is 4.79 Å².